The van der Waals surface area contributed by atoms with Crippen molar-refractivity contribution in [2.24, 2.45) is 0 Å². The number of nitrogens with zero attached hydrogens (tertiary/aromatic N) is 4. The Morgan fingerprint density at radius 1 is 1.14 bits per heavy atom. The average molecular weight is 499 g/mol. The van der Waals surface area contributed by atoms with Crippen LogP contribution in [0.15, 0.2) is 55.0 Å². The van der Waals surface area contributed by atoms with Gasteiger partial charge in [-0.3, -0.25) is 4.79 Å². The second kappa shape index (κ2) is 8.86. The number of carbonyl (C=O) groups is 1. The van der Waals surface area contributed by atoms with Crippen molar-refractivity contribution in [3.05, 3.63) is 71.7 Å². The van der Waals surface area contributed by atoms with E-state index in [2.05, 4.69) is 37.7 Å². The second-order valence-electron chi connectivity index (χ2n) is 10.3. The normalized spacial score (nSPS) is 17.7. The van der Waals surface area contributed by atoms with Gasteiger partial charge >= 0.3 is 0 Å². The molecule has 0 aliphatic carbocycles. The highest BCUT2D eigenvalue weighted by Gasteiger charge is 2.33. The van der Waals surface area contributed by atoms with Crippen LogP contribution in [0.25, 0.3) is 16.6 Å². The van der Waals surface area contributed by atoms with Crippen LogP contribution < -0.4 is 15.5 Å². The third kappa shape index (κ3) is 4.30. The number of ether oxygens (including phenoxy) is 1. The highest BCUT2D eigenvalue weighted by Crippen LogP contribution is 2.37. The second-order valence-corrected chi connectivity index (χ2v) is 10.3. The Hall–Kier alpha value is -3.95. The van der Waals surface area contributed by atoms with Crippen LogP contribution in [0.2, 0.25) is 0 Å². The molecule has 1 fully saturated rings. The van der Waals surface area contributed by atoms with Crippen LogP contribution in [0.4, 0.5) is 17.2 Å². The molecule has 3 aromatic heterocycles. The molecule has 0 bridgehead atoms. The largest absolute Gasteiger partial charge is 0.388 e. The van der Waals surface area contributed by atoms with Crippen LogP contribution in [-0.4, -0.2) is 57.0 Å². The fourth-order valence-electron chi connectivity index (χ4n) is 5.10. The molecule has 0 saturated carbocycles. The molecule has 0 spiro atoms. The maximum Gasteiger partial charge on any atom is 0.254 e. The first-order chi connectivity index (χ1) is 17.8. The van der Waals surface area contributed by atoms with Gasteiger partial charge in [0.15, 0.2) is 0 Å². The van der Waals surface area contributed by atoms with Gasteiger partial charge in [0.2, 0.25) is 0 Å². The van der Waals surface area contributed by atoms with Crippen molar-refractivity contribution in [2.75, 3.05) is 29.9 Å². The van der Waals surface area contributed by atoms with E-state index < -0.39 is 5.60 Å². The third-order valence-electron chi connectivity index (χ3n) is 7.15. The molecule has 5 heterocycles. The SMILES string of the molecule is Cc1ccc2c(-c3ccc(Nc4ccc(N5CCO[C@H](C(C)(C)O)C5)cn4)c4c3CNC4=O)cnn2c1. The molecule has 4 aromatic rings. The summed E-state index contributed by atoms with van der Waals surface area (Å²) in [6.45, 7) is 7.92. The summed E-state index contributed by atoms with van der Waals surface area (Å²) in [6.07, 6.45) is 5.39. The monoisotopic (exact) mass is 498 g/mol. The molecular formula is C28H30N6O3. The molecule has 0 unspecified atom stereocenters. The fraction of sp³-hybridized carbons (Fsp3) is 0.321. The Labute approximate surface area is 215 Å². The number of aryl methyl sites for hydroxylation is 1. The molecule has 9 heteroatoms. The first-order valence-electron chi connectivity index (χ1n) is 12.5. The van der Waals surface area contributed by atoms with Crippen LogP contribution >= 0.6 is 0 Å². The number of aliphatic hydroxyl groups is 1. The molecule has 3 N–H and O–H groups in total. The number of amides is 1. The maximum atomic E-state index is 12.8. The molecule has 2 aliphatic rings. The van der Waals surface area contributed by atoms with Crippen molar-refractivity contribution in [3.8, 4) is 11.1 Å². The molecule has 37 heavy (non-hydrogen) atoms. The summed E-state index contributed by atoms with van der Waals surface area (Å²) in [5.41, 5.74) is 6.48. The summed E-state index contributed by atoms with van der Waals surface area (Å²) in [7, 11) is 0. The maximum absolute atomic E-state index is 12.8. The number of anilines is 3. The molecule has 190 valence electrons. The molecule has 0 radical (unpaired) electrons. The van der Waals surface area contributed by atoms with Gasteiger partial charge in [0.25, 0.3) is 5.91 Å². The van der Waals surface area contributed by atoms with Gasteiger partial charge in [-0.05, 0) is 61.7 Å². The van der Waals surface area contributed by atoms with Crippen molar-refractivity contribution in [1.82, 2.24) is 19.9 Å². The zero-order valence-corrected chi connectivity index (χ0v) is 21.2. The van der Waals surface area contributed by atoms with Crippen LogP contribution in [0, 0.1) is 6.92 Å². The summed E-state index contributed by atoms with van der Waals surface area (Å²) in [5, 5.41) is 21.2. The highest BCUT2D eigenvalue weighted by molar-refractivity contribution is 6.06. The van der Waals surface area contributed by atoms with E-state index >= 15 is 0 Å². The summed E-state index contributed by atoms with van der Waals surface area (Å²) >= 11 is 0. The first kappa shape index (κ1) is 23.4. The molecular weight excluding hydrogens is 468 g/mol. The van der Waals surface area contributed by atoms with Crippen molar-refractivity contribution >= 4 is 28.6 Å². The summed E-state index contributed by atoms with van der Waals surface area (Å²) < 4.78 is 7.62. The number of hydrogen-bond donors (Lipinski definition) is 3. The molecule has 6 rings (SSSR count). The molecule has 2 aliphatic heterocycles. The lowest BCUT2D eigenvalue weighted by Gasteiger charge is -2.39. The Morgan fingerprint density at radius 2 is 2.00 bits per heavy atom. The standard InChI is InChI=1S/C28H30N6O3/c1-17-4-8-23-20(14-31-34(23)15-17)19-6-7-22(26-21(19)13-30-27(26)35)32-25-9-5-18(12-29-25)33-10-11-37-24(16-33)28(2,3)36/h4-9,12,14-15,24,36H,10-11,13,16H2,1-3H3,(H,29,32)(H,30,35)/t24-/m0/s1. The van der Waals surface area contributed by atoms with E-state index in [9.17, 15) is 9.90 Å². The highest BCUT2D eigenvalue weighted by atomic mass is 16.5. The van der Waals surface area contributed by atoms with E-state index in [-0.39, 0.29) is 12.0 Å². The summed E-state index contributed by atoms with van der Waals surface area (Å²) in [4.78, 5) is 19.6. The Bertz CT molecular complexity index is 1490. The fourth-order valence-corrected chi connectivity index (χ4v) is 5.10. The third-order valence-corrected chi connectivity index (χ3v) is 7.15. The smallest absolute Gasteiger partial charge is 0.254 e. The van der Waals surface area contributed by atoms with Gasteiger partial charge in [-0.1, -0.05) is 12.1 Å². The van der Waals surface area contributed by atoms with E-state index in [1.54, 1.807) is 13.8 Å². The van der Waals surface area contributed by atoms with Gasteiger partial charge in [0.05, 0.1) is 47.1 Å². The lowest BCUT2D eigenvalue weighted by atomic mass is 9.96. The van der Waals surface area contributed by atoms with Gasteiger partial charge in [-0.25, -0.2) is 9.50 Å². The number of aromatic nitrogens is 3. The molecule has 1 amide bonds. The predicted molar refractivity (Wildman–Crippen MR) is 142 cm³/mol. The minimum absolute atomic E-state index is 0.103. The van der Waals surface area contributed by atoms with Crippen LogP contribution in [0.5, 0.6) is 0 Å². The molecule has 1 saturated heterocycles. The Kier molecular flexibility index (Phi) is 5.62. The lowest BCUT2D eigenvalue weighted by Crippen LogP contribution is -2.52. The van der Waals surface area contributed by atoms with Gasteiger partial charge in [-0.15, -0.1) is 0 Å². The molecule has 9 nitrogen and oxygen atoms in total. The molecule has 1 atom stereocenters. The van der Waals surface area contributed by atoms with Crippen molar-refractivity contribution in [1.29, 1.82) is 0 Å². The van der Waals surface area contributed by atoms with E-state index in [1.165, 1.54) is 0 Å². The zero-order valence-electron chi connectivity index (χ0n) is 21.2. The number of carbonyl (C=O) groups excluding carboxylic acids is 1. The van der Waals surface area contributed by atoms with Crippen molar-refractivity contribution < 1.29 is 14.6 Å². The topological polar surface area (TPSA) is 104 Å². The van der Waals surface area contributed by atoms with Gasteiger partial charge in [0, 0.05) is 31.4 Å². The number of nitrogens with one attached hydrogen (secondary N) is 2. The van der Waals surface area contributed by atoms with Crippen molar-refractivity contribution in [3.63, 3.8) is 0 Å². The van der Waals surface area contributed by atoms with Crippen LogP contribution in [-0.2, 0) is 11.3 Å². The number of pyridine rings is 2. The van der Waals surface area contributed by atoms with E-state index in [4.69, 9.17) is 4.74 Å². The Balaban J connectivity index is 1.27. The molecule has 1 aromatic carbocycles. The predicted octanol–water partition coefficient (Wildman–Crippen LogP) is 3.67. The number of rotatable bonds is 5. The van der Waals surface area contributed by atoms with Crippen LogP contribution in [0.3, 0.4) is 0 Å². The van der Waals surface area contributed by atoms with Crippen LogP contribution in [0.1, 0.15) is 35.3 Å². The average Bonchev–Trinajstić information content (AvgIpc) is 3.48. The van der Waals surface area contributed by atoms with E-state index in [0.717, 1.165) is 45.7 Å². The minimum atomic E-state index is -0.914. The Morgan fingerprint density at radius 3 is 2.78 bits per heavy atom. The van der Waals surface area contributed by atoms with Gasteiger partial charge in [-0.2, -0.15) is 5.10 Å². The quantitative estimate of drug-likeness (QED) is 0.386. The van der Waals surface area contributed by atoms with Crippen molar-refractivity contribution in [2.45, 2.75) is 39.0 Å². The number of morpholine rings is 1. The van der Waals surface area contributed by atoms with Gasteiger partial charge < -0.3 is 25.4 Å². The zero-order chi connectivity index (χ0) is 25.7. The summed E-state index contributed by atoms with van der Waals surface area (Å²) in [5.74, 6) is 0.548. The van der Waals surface area contributed by atoms with Gasteiger partial charge in [0.1, 0.15) is 11.9 Å². The number of fused-ring (bicyclic) bond motifs is 2. The first-order valence-corrected chi connectivity index (χ1v) is 12.5. The minimum Gasteiger partial charge on any atom is -0.388 e. The summed E-state index contributed by atoms with van der Waals surface area (Å²) in [6, 6.07) is 12.0. The number of hydrogen-bond acceptors (Lipinski definition) is 7. The van der Waals surface area contributed by atoms with E-state index in [0.29, 0.717) is 31.1 Å². The lowest BCUT2D eigenvalue weighted by molar-refractivity contribution is -0.0928. The number of benzene rings is 1. The van der Waals surface area contributed by atoms with E-state index in [1.807, 2.05) is 54.3 Å².